The fraction of sp³-hybridized carbons (Fsp3) is 0.294. The molecule has 0 bridgehead atoms. The first-order chi connectivity index (χ1) is 10.2. The average molecular weight is 429 g/mol. The van der Waals surface area contributed by atoms with Crippen LogP contribution in [0.1, 0.15) is 12.5 Å². The summed E-state index contributed by atoms with van der Waals surface area (Å²) in [6.07, 6.45) is 1.03. The van der Waals surface area contributed by atoms with E-state index in [0.717, 1.165) is 18.7 Å². The van der Waals surface area contributed by atoms with Gasteiger partial charge in [0.1, 0.15) is 0 Å². The molecular formula is C17H19Br2NS. The van der Waals surface area contributed by atoms with Crippen LogP contribution in [0.15, 0.2) is 62.4 Å². The number of benzene rings is 2. The van der Waals surface area contributed by atoms with Crippen LogP contribution in [0.25, 0.3) is 0 Å². The highest BCUT2D eigenvalue weighted by Crippen LogP contribution is 2.28. The van der Waals surface area contributed by atoms with Crippen LogP contribution in [0.5, 0.6) is 0 Å². The van der Waals surface area contributed by atoms with E-state index in [1.54, 1.807) is 0 Å². The van der Waals surface area contributed by atoms with E-state index < -0.39 is 0 Å². The molecule has 1 atom stereocenters. The fourth-order valence-corrected chi connectivity index (χ4v) is 4.23. The van der Waals surface area contributed by atoms with Gasteiger partial charge in [-0.3, -0.25) is 0 Å². The smallest absolute Gasteiger partial charge is 0.0311 e. The molecule has 21 heavy (non-hydrogen) atoms. The zero-order valence-corrected chi connectivity index (χ0v) is 16.0. The normalized spacial score (nSPS) is 12.3. The lowest BCUT2D eigenvalue weighted by Crippen LogP contribution is -2.33. The fourth-order valence-electron chi connectivity index (χ4n) is 2.16. The number of nitrogens with one attached hydrogen (secondary N) is 1. The van der Waals surface area contributed by atoms with Crippen molar-refractivity contribution >= 4 is 43.6 Å². The average Bonchev–Trinajstić information content (AvgIpc) is 2.48. The molecule has 1 N–H and O–H groups in total. The van der Waals surface area contributed by atoms with Crippen LogP contribution in [0.4, 0.5) is 0 Å². The first kappa shape index (κ1) is 17.1. The van der Waals surface area contributed by atoms with E-state index in [2.05, 4.69) is 92.6 Å². The summed E-state index contributed by atoms with van der Waals surface area (Å²) < 4.78 is 2.37. The van der Waals surface area contributed by atoms with Crippen molar-refractivity contribution in [2.75, 3.05) is 12.3 Å². The number of hydrogen-bond acceptors (Lipinski definition) is 2. The van der Waals surface area contributed by atoms with Crippen LogP contribution in [-0.4, -0.2) is 18.3 Å². The molecule has 4 heteroatoms. The third-order valence-corrected chi connectivity index (χ3v) is 6.16. The lowest BCUT2D eigenvalue weighted by Gasteiger charge is -2.18. The summed E-state index contributed by atoms with van der Waals surface area (Å²) >= 11 is 9.15. The number of likely N-dealkylation sites (N-methyl/N-ethyl adjacent to an activating group) is 1. The Hall–Kier alpha value is -0.290. The van der Waals surface area contributed by atoms with Gasteiger partial charge < -0.3 is 5.32 Å². The van der Waals surface area contributed by atoms with E-state index >= 15 is 0 Å². The molecule has 2 aromatic carbocycles. The first-order valence-corrected chi connectivity index (χ1v) is 9.62. The molecule has 0 aliphatic rings. The molecule has 112 valence electrons. The molecule has 1 nitrogen and oxygen atoms in total. The van der Waals surface area contributed by atoms with Crippen molar-refractivity contribution in [2.45, 2.75) is 24.3 Å². The van der Waals surface area contributed by atoms with Crippen molar-refractivity contribution in [1.82, 2.24) is 5.32 Å². The second-order valence-corrected chi connectivity index (χ2v) is 7.56. The lowest BCUT2D eigenvalue weighted by atomic mass is 10.1. The second-order valence-electron chi connectivity index (χ2n) is 4.79. The monoisotopic (exact) mass is 427 g/mol. The van der Waals surface area contributed by atoms with Gasteiger partial charge in [0.05, 0.1) is 0 Å². The molecule has 0 saturated heterocycles. The Bertz CT molecular complexity index is 574. The minimum absolute atomic E-state index is 0.464. The van der Waals surface area contributed by atoms with Gasteiger partial charge in [0.25, 0.3) is 0 Å². The minimum atomic E-state index is 0.464. The van der Waals surface area contributed by atoms with Crippen LogP contribution in [-0.2, 0) is 6.42 Å². The lowest BCUT2D eigenvalue weighted by molar-refractivity contribution is 0.572. The topological polar surface area (TPSA) is 12.0 Å². The number of halogens is 2. The Kier molecular flexibility index (Phi) is 7.30. The van der Waals surface area contributed by atoms with E-state index in [4.69, 9.17) is 0 Å². The number of thioether (sulfide) groups is 1. The van der Waals surface area contributed by atoms with Gasteiger partial charge in [-0.2, -0.15) is 0 Å². The van der Waals surface area contributed by atoms with Crippen molar-refractivity contribution in [3.8, 4) is 0 Å². The van der Waals surface area contributed by atoms with E-state index in [0.29, 0.717) is 6.04 Å². The molecule has 2 aromatic rings. The summed E-state index contributed by atoms with van der Waals surface area (Å²) in [5.74, 6) is 1.05. The van der Waals surface area contributed by atoms with Crippen molar-refractivity contribution in [3.63, 3.8) is 0 Å². The SMILES string of the molecule is CCNC(CSc1ccccc1Br)Cc1ccccc1Br. The molecule has 0 spiro atoms. The van der Waals surface area contributed by atoms with Crippen LogP contribution < -0.4 is 5.32 Å². The third kappa shape index (κ3) is 5.44. The summed E-state index contributed by atoms with van der Waals surface area (Å²) in [7, 11) is 0. The quantitative estimate of drug-likeness (QED) is 0.582. The highest BCUT2D eigenvalue weighted by Gasteiger charge is 2.11. The maximum atomic E-state index is 3.64. The summed E-state index contributed by atoms with van der Waals surface area (Å²) in [4.78, 5) is 1.30. The molecule has 0 aliphatic heterocycles. The highest BCUT2D eigenvalue weighted by atomic mass is 79.9. The van der Waals surface area contributed by atoms with E-state index in [1.165, 1.54) is 19.4 Å². The van der Waals surface area contributed by atoms with Gasteiger partial charge in [0.15, 0.2) is 0 Å². The molecule has 0 radical (unpaired) electrons. The van der Waals surface area contributed by atoms with Crippen LogP contribution in [0.3, 0.4) is 0 Å². The number of hydrogen-bond donors (Lipinski definition) is 1. The Morgan fingerprint density at radius 2 is 1.67 bits per heavy atom. The third-order valence-electron chi connectivity index (χ3n) is 3.19. The van der Waals surface area contributed by atoms with Gasteiger partial charge in [-0.25, -0.2) is 0 Å². The Balaban J connectivity index is 1.99. The summed E-state index contributed by atoms with van der Waals surface area (Å²) in [6, 6.07) is 17.3. The molecular weight excluding hydrogens is 410 g/mol. The summed E-state index contributed by atoms with van der Waals surface area (Å²) in [5, 5.41) is 3.59. The molecule has 2 rings (SSSR count). The van der Waals surface area contributed by atoms with Crippen LogP contribution >= 0.6 is 43.6 Å². The van der Waals surface area contributed by atoms with Gasteiger partial charge in [0, 0.05) is 25.6 Å². The van der Waals surface area contributed by atoms with E-state index in [9.17, 15) is 0 Å². The van der Waals surface area contributed by atoms with E-state index in [-0.39, 0.29) is 0 Å². The van der Waals surface area contributed by atoms with Gasteiger partial charge in [-0.15, -0.1) is 11.8 Å². The summed E-state index contributed by atoms with van der Waals surface area (Å²) in [5.41, 5.74) is 1.36. The van der Waals surface area contributed by atoms with Crippen LogP contribution in [0.2, 0.25) is 0 Å². The van der Waals surface area contributed by atoms with E-state index in [1.807, 2.05) is 11.8 Å². The number of rotatable bonds is 7. The van der Waals surface area contributed by atoms with Crippen molar-refractivity contribution < 1.29 is 0 Å². The Labute approximate surface area is 148 Å². The van der Waals surface area contributed by atoms with Crippen molar-refractivity contribution in [2.24, 2.45) is 0 Å². The standard InChI is InChI=1S/C17H19Br2NS/c1-2-20-14(11-13-7-3-4-8-15(13)18)12-21-17-10-6-5-9-16(17)19/h3-10,14,20H,2,11-12H2,1H3. The van der Waals surface area contributed by atoms with Crippen molar-refractivity contribution in [1.29, 1.82) is 0 Å². The minimum Gasteiger partial charge on any atom is -0.313 e. The van der Waals surface area contributed by atoms with Gasteiger partial charge in [0.2, 0.25) is 0 Å². The molecule has 0 amide bonds. The zero-order valence-electron chi connectivity index (χ0n) is 12.0. The molecule has 1 unspecified atom stereocenters. The maximum Gasteiger partial charge on any atom is 0.0311 e. The molecule has 0 heterocycles. The van der Waals surface area contributed by atoms with Crippen LogP contribution in [0, 0.1) is 0 Å². The molecule has 0 aliphatic carbocycles. The van der Waals surface area contributed by atoms with Gasteiger partial charge in [-0.05, 0) is 52.7 Å². The molecule has 0 saturated carbocycles. The molecule has 0 aromatic heterocycles. The molecule has 0 fully saturated rings. The second kappa shape index (κ2) is 8.99. The largest absolute Gasteiger partial charge is 0.313 e. The highest BCUT2D eigenvalue weighted by molar-refractivity contribution is 9.10. The Morgan fingerprint density at radius 1 is 1.00 bits per heavy atom. The van der Waals surface area contributed by atoms with Gasteiger partial charge in [-0.1, -0.05) is 53.2 Å². The predicted molar refractivity (Wildman–Crippen MR) is 100 cm³/mol. The van der Waals surface area contributed by atoms with Crippen molar-refractivity contribution in [3.05, 3.63) is 63.0 Å². The first-order valence-electron chi connectivity index (χ1n) is 7.04. The maximum absolute atomic E-state index is 3.64. The Morgan fingerprint density at radius 3 is 2.33 bits per heavy atom. The zero-order chi connectivity index (χ0) is 15.1. The van der Waals surface area contributed by atoms with Gasteiger partial charge >= 0.3 is 0 Å². The summed E-state index contributed by atoms with van der Waals surface area (Å²) in [6.45, 7) is 3.15. The predicted octanol–water partition coefficient (Wildman–Crippen LogP) is 5.52.